The maximum atomic E-state index is 5.96. The Morgan fingerprint density at radius 3 is 2.65 bits per heavy atom. The third kappa shape index (κ3) is 4.00. The molecule has 0 radical (unpaired) electrons. The summed E-state index contributed by atoms with van der Waals surface area (Å²) >= 11 is 0. The van der Waals surface area contributed by atoms with Gasteiger partial charge in [-0.05, 0) is 59.9 Å². The Morgan fingerprint density at radius 2 is 2.05 bits per heavy atom. The fourth-order valence-electron chi connectivity index (χ4n) is 2.43. The molecule has 4 heteroatoms. The van der Waals surface area contributed by atoms with Crippen molar-refractivity contribution >= 4 is 0 Å². The average molecular weight is 277 g/mol. The zero-order chi connectivity index (χ0) is 14.8. The minimum Gasteiger partial charge on any atom is -0.367 e. The Labute approximate surface area is 122 Å². The molecule has 1 aromatic rings. The zero-order valence-corrected chi connectivity index (χ0v) is 13.4. The number of nitrogens with zero attached hydrogens (tertiary/aromatic N) is 2. The van der Waals surface area contributed by atoms with Gasteiger partial charge in [0.2, 0.25) is 0 Å². The lowest BCUT2D eigenvalue weighted by molar-refractivity contribution is -0.0762. The molecule has 1 atom stereocenters. The summed E-state index contributed by atoms with van der Waals surface area (Å²) in [6.45, 7) is 12.2. The molecule has 0 saturated carbocycles. The van der Waals surface area contributed by atoms with Crippen LogP contribution in [0.3, 0.4) is 0 Å². The third-order valence-electron chi connectivity index (χ3n) is 3.65. The van der Waals surface area contributed by atoms with E-state index in [0.29, 0.717) is 0 Å². The normalized spacial score (nSPS) is 23.9. The molecule has 1 aliphatic heterocycles. The molecule has 20 heavy (non-hydrogen) atoms. The second-order valence-electron chi connectivity index (χ2n) is 6.96. The van der Waals surface area contributed by atoms with Crippen LogP contribution in [0.2, 0.25) is 0 Å². The van der Waals surface area contributed by atoms with Gasteiger partial charge in [-0.2, -0.15) is 0 Å². The summed E-state index contributed by atoms with van der Waals surface area (Å²) in [6, 6.07) is 2.05. The summed E-state index contributed by atoms with van der Waals surface area (Å²) in [5, 5.41) is 3.48. The number of rotatable bonds is 3. The van der Waals surface area contributed by atoms with E-state index in [0.717, 1.165) is 43.2 Å². The number of ether oxygens (including phenoxy) is 1. The van der Waals surface area contributed by atoms with Crippen LogP contribution >= 0.6 is 0 Å². The quantitative estimate of drug-likeness (QED) is 0.922. The maximum Gasteiger partial charge on any atom is 0.160 e. The summed E-state index contributed by atoms with van der Waals surface area (Å²) < 4.78 is 5.96. The number of hydrogen-bond acceptors (Lipinski definition) is 4. The molecule has 1 N–H and O–H groups in total. The molecule has 112 valence electrons. The summed E-state index contributed by atoms with van der Waals surface area (Å²) in [7, 11) is 0. The number of aryl methyl sites for hydroxylation is 1. The molecule has 1 aromatic heterocycles. The fourth-order valence-corrected chi connectivity index (χ4v) is 2.43. The Morgan fingerprint density at radius 1 is 1.30 bits per heavy atom. The number of aromatic nitrogens is 2. The van der Waals surface area contributed by atoms with E-state index in [2.05, 4.69) is 44.1 Å². The van der Waals surface area contributed by atoms with Crippen molar-refractivity contribution in [2.75, 3.05) is 6.61 Å². The molecule has 1 fully saturated rings. The minimum absolute atomic E-state index is 0.0876. The zero-order valence-electron chi connectivity index (χ0n) is 13.4. The van der Waals surface area contributed by atoms with Crippen LogP contribution in [0.5, 0.6) is 0 Å². The first-order valence-corrected chi connectivity index (χ1v) is 7.53. The Balaban J connectivity index is 2.19. The molecule has 0 amide bonds. The van der Waals surface area contributed by atoms with Gasteiger partial charge in [0.15, 0.2) is 5.82 Å². The van der Waals surface area contributed by atoms with Gasteiger partial charge in [-0.1, -0.05) is 0 Å². The summed E-state index contributed by atoms with van der Waals surface area (Å²) in [5.74, 6) is 0.836. The van der Waals surface area contributed by atoms with Crippen molar-refractivity contribution in [1.82, 2.24) is 15.3 Å². The molecule has 0 aromatic carbocycles. The van der Waals surface area contributed by atoms with Gasteiger partial charge in [-0.3, -0.25) is 0 Å². The highest BCUT2D eigenvalue weighted by Crippen LogP contribution is 2.32. The predicted molar refractivity (Wildman–Crippen MR) is 80.5 cm³/mol. The van der Waals surface area contributed by atoms with Gasteiger partial charge in [-0.25, -0.2) is 9.97 Å². The van der Waals surface area contributed by atoms with Crippen LogP contribution in [-0.4, -0.2) is 22.1 Å². The van der Waals surface area contributed by atoms with E-state index < -0.39 is 0 Å². The van der Waals surface area contributed by atoms with Crippen molar-refractivity contribution < 1.29 is 4.74 Å². The Bertz CT molecular complexity index is 459. The van der Waals surface area contributed by atoms with Crippen molar-refractivity contribution in [1.29, 1.82) is 0 Å². The maximum absolute atomic E-state index is 5.96. The third-order valence-corrected chi connectivity index (χ3v) is 3.65. The van der Waals surface area contributed by atoms with Gasteiger partial charge >= 0.3 is 0 Å². The van der Waals surface area contributed by atoms with Gasteiger partial charge in [0.1, 0.15) is 5.60 Å². The standard InChI is InChI=1S/C16H27N3O/c1-12-10-13(11-17-15(2,3)4)19-14(18-12)16(5)8-6-7-9-20-16/h10,17H,6-9,11H2,1-5H3. The van der Waals surface area contributed by atoms with E-state index in [4.69, 9.17) is 9.72 Å². The fraction of sp³-hybridized carbons (Fsp3) is 0.750. The molecule has 4 nitrogen and oxygen atoms in total. The van der Waals surface area contributed by atoms with Crippen molar-refractivity contribution in [3.05, 3.63) is 23.3 Å². The highest BCUT2D eigenvalue weighted by atomic mass is 16.5. The van der Waals surface area contributed by atoms with E-state index in [1.807, 2.05) is 6.92 Å². The topological polar surface area (TPSA) is 47.0 Å². The highest BCUT2D eigenvalue weighted by molar-refractivity contribution is 5.14. The largest absolute Gasteiger partial charge is 0.367 e. The van der Waals surface area contributed by atoms with Crippen LogP contribution < -0.4 is 5.32 Å². The smallest absolute Gasteiger partial charge is 0.160 e. The van der Waals surface area contributed by atoms with Crippen molar-refractivity contribution in [3.8, 4) is 0 Å². The average Bonchev–Trinajstić information content (AvgIpc) is 2.36. The first-order chi connectivity index (χ1) is 9.28. The summed E-state index contributed by atoms with van der Waals surface area (Å²) in [4.78, 5) is 9.34. The first kappa shape index (κ1) is 15.4. The molecule has 1 aliphatic rings. The first-order valence-electron chi connectivity index (χ1n) is 7.53. The molecular weight excluding hydrogens is 250 g/mol. The molecule has 0 bridgehead atoms. The van der Waals surface area contributed by atoms with Crippen LogP contribution in [0.4, 0.5) is 0 Å². The van der Waals surface area contributed by atoms with E-state index in [1.165, 1.54) is 6.42 Å². The molecular formula is C16H27N3O. The summed E-state index contributed by atoms with van der Waals surface area (Å²) in [5.41, 5.74) is 1.82. The van der Waals surface area contributed by atoms with Crippen LogP contribution in [0.25, 0.3) is 0 Å². The van der Waals surface area contributed by atoms with Gasteiger partial charge in [0.25, 0.3) is 0 Å². The lowest BCUT2D eigenvalue weighted by Crippen LogP contribution is -2.36. The molecule has 0 spiro atoms. The van der Waals surface area contributed by atoms with E-state index in [-0.39, 0.29) is 11.1 Å². The van der Waals surface area contributed by atoms with E-state index in [1.54, 1.807) is 0 Å². The van der Waals surface area contributed by atoms with Crippen LogP contribution in [-0.2, 0) is 16.9 Å². The van der Waals surface area contributed by atoms with E-state index >= 15 is 0 Å². The Kier molecular flexibility index (Phi) is 4.45. The molecule has 1 unspecified atom stereocenters. The van der Waals surface area contributed by atoms with Crippen molar-refractivity contribution in [3.63, 3.8) is 0 Å². The van der Waals surface area contributed by atoms with Crippen molar-refractivity contribution in [2.24, 2.45) is 0 Å². The van der Waals surface area contributed by atoms with Gasteiger partial charge < -0.3 is 10.1 Å². The SMILES string of the molecule is Cc1cc(CNC(C)(C)C)nc(C2(C)CCCCO2)n1. The monoisotopic (exact) mass is 277 g/mol. The number of nitrogens with one attached hydrogen (secondary N) is 1. The van der Waals surface area contributed by atoms with E-state index in [9.17, 15) is 0 Å². The predicted octanol–water partition coefficient (Wildman–Crippen LogP) is 3.09. The second-order valence-corrected chi connectivity index (χ2v) is 6.96. The second kappa shape index (κ2) is 5.78. The highest BCUT2D eigenvalue weighted by Gasteiger charge is 2.33. The van der Waals surface area contributed by atoms with Gasteiger partial charge in [-0.15, -0.1) is 0 Å². The minimum atomic E-state index is -0.319. The lowest BCUT2D eigenvalue weighted by Gasteiger charge is -2.32. The summed E-state index contributed by atoms with van der Waals surface area (Å²) in [6.07, 6.45) is 3.33. The van der Waals surface area contributed by atoms with Crippen LogP contribution in [0.1, 0.15) is 64.2 Å². The molecule has 1 saturated heterocycles. The lowest BCUT2D eigenvalue weighted by atomic mass is 9.95. The Hall–Kier alpha value is -1.00. The molecule has 2 heterocycles. The number of hydrogen-bond donors (Lipinski definition) is 1. The van der Waals surface area contributed by atoms with Gasteiger partial charge in [0.05, 0.1) is 5.69 Å². The van der Waals surface area contributed by atoms with Crippen LogP contribution in [0, 0.1) is 6.92 Å². The molecule has 0 aliphatic carbocycles. The van der Waals surface area contributed by atoms with Crippen LogP contribution in [0.15, 0.2) is 6.07 Å². The molecule has 2 rings (SSSR count). The van der Waals surface area contributed by atoms with Gasteiger partial charge in [0, 0.05) is 24.4 Å². The van der Waals surface area contributed by atoms with Crippen molar-refractivity contribution in [2.45, 2.75) is 71.6 Å².